The van der Waals surface area contributed by atoms with Crippen molar-refractivity contribution in [1.82, 2.24) is 4.31 Å². The van der Waals surface area contributed by atoms with Crippen LogP contribution >= 0.6 is 11.6 Å². The van der Waals surface area contributed by atoms with E-state index >= 15 is 0 Å². The fraction of sp³-hybridized carbons (Fsp3) is 0.261. The summed E-state index contributed by atoms with van der Waals surface area (Å²) in [5.41, 5.74) is 1.68. The number of rotatable bonds is 7. The first-order valence-electron chi connectivity index (χ1n) is 10.2. The number of amides is 1. The van der Waals surface area contributed by atoms with Crippen molar-refractivity contribution < 1.29 is 22.7 Å². The molecule has 0 atom stereocenters. The Morgan fingerprint density at radius 2 is 1.79 bits per heavy atom. The molecular formula is C23H24ClN3O5S. The third-order valence-corrected chi connectivity index (χ3v) is 7.39. The van der Waals surface area contributed by atoms with Crippen molar-refractivity contribution in [3.05, 3.63) is 63.5 Å². The molecule has 0 aromatic heterocycles. The highest BCUT2D eigenvalue weighted by molar-refractivity contribution is 7.94. The van der Waals surface area contributed by atoms with E-state index < -0.39 is 15.8 Å². The van der Waals surface area contributed by atoms with Crippen molar-refractivity contribution in [2.45, 2.75) is 20.8 Å². The van der Waals surface area contributed by atoms with Crippen LogP contribution in [0, 0.1) is 0 Å². The average molecular weight is 490 g/mol. The highest BCUT2D eigenvalue weighted by Gasteiger charge is 2.35. The highest BCUT2D eigenvalue weighted by atomic mass is 35.5. The molecule has 0 saturated carbocycles. The fourth-order valence-corrected chi connectivity index (χ4v) is 5.42. The number of fused-ring (bicyclic) bond motifs is 1. The van der Waals surface area contributed by atoms with Gasteiger partial charge in [-0.3, -0.25) is 9.59 Å². The Balaban J connectivity index is 2.24. The number of methoxy groups -OCH3 is 1. The van der Waals surface area contributed by atoms with Crippen LogP contribution in [0.5, 0.6) is 5.75 Å². The molecule has 2 aromatic carbocycles. The van der Waals surface area contributed by atoms with Gasteiger partial charge < -0.3 is 10.1 Å². The zero-order chi connectivity index (χ0) is 24.3. The molecule has 33 heavy (non-hydrogen) atoms. The predicted octanol–water partition coefficient (Wildman–Crippen LogP) is 4.18. The zero-order valence-electron chi connectivity index (χ0n) is 18.7. The number of hydrogen-bond donors (Lipinski definition) is 1. The standard InChI is InChI=1S/C23H24ClN3O5S/c1-5-27(6-2)33(30,31)21-13-19(16-9-7-8-10-17(16)22(21)29)26-15-11-18(24)23(32-4)20(12-15)25-14(3)28/h7-13H,5-6H2,1-4H3,(H,25,28). The van der Waals surface area contributed by atoms with Crippen LogP contribution in [0.3, 0.4) is 0 Å². The zero-order valence-corrected chi connectivity index (χ0v) is 20.2. The van der Waals surface area contributed by atoms with E-state index in [4.69, 9.17) is 16.3 Å². The molecule has 0 bridgehead atoms. The number of ketones is 1. The lowest BCUT2D eigenvalue weighted by Gasteiger charge is -2.23. The Bertz CT molecular complexity index is 1280. The summed E-state index contributed by atoms with van der Waals surface area (Å²) in [5, 5.41) is 2.85. The lowest BCUT2D eigenvalue weighted by molar-refractivity contribution is -0.114. The smallest absolute Gasteiger partial charge is 0.247 e. The summed E-state index contributed by atoms with van der Waals surface area (Å²) >= 11 is 6.32. The Hall–Kier alpha value is -3.01. The second-order valence-corrected chi connectivity index (χ2v) is 9.47. The lowest BCUT2D eigenvalue weighted by atomic mass is 9.94. The number of carbonyl (C=O) groups is 2. The first kappa shape index (κ1) is 24.6. The highest BCUT2D eigenvalue weighted by Crippen LogP contribution is 2.38. The minimum absolute atomic E-state index is 0.211. The van der Waals surface area contributed by atoms with Crippen molar-refractivity contribution in [2.24, 2.45) is 4.99 Å². The van der Waals surface area contributed by atoms with E-state index in [0.717, 1.165) is 0 Å². The lowest BCUT2D eigenvalue weighted by Crippen LogP contribution is -2.35. The summed E-state index contributed by atoms with van der Waals surface area (Å²) in [6.07, 6.45) is 1.29. The van der Waals surface area contributed by atoms with Crippen molar-refractivity contribution in [2.75, 3.05) is 25.5 Å². The van der Waals surface area contributed by atoms with Gasteiger partial charge in [-0.25, -0.2) is 13.4 Å². The molecule has 1 aliphatic carbocycles. The molecule has 0 aliphatic heterocycles. The molecule has 0 radical (unpaired) electrons. The summed E-state index contributed by atoms with van der Waals surface area (Å²) in [5.74, 6) is -0.631. The van der Waals surface area contributed by atoms with Crippen LogP contribution in [0.2, 0.25) is 5.02 Å². The molecule has 0 unspecified atom stereocenters. The first-order valence-corrected chi connectivity index (χ1v) is 12.1. The van der Waals surface area contributed by atoms with Gasteiger partial charge in [0.25, 0.3) is 0 Å². The quantitative estimate of drug-likeness (QED) is 0.628. The van der Waals surface area contributed by atoms with Crippen molar-refractivity contribution in [3.63, 3.8) is 0 Å². The van der Waals surface area contributed by atoms with Gasteiger partial charge in [0.05, 0.1) is 29.2 Å². The SMILES string of the molecule is CCN(CC)S(=O)(=O)C1=CC(=Nc2cc(Cl)c(OC)c(NC(C)=O)c2)c2ccccc2C1=O. The number of carbonyl (C=O) groups excluding carboxylic acids is 2. The van der Waals surface area contributed by atoms with Crippen molar-refractivity contribution >= 4 is 50.4 Å². The van der Waals surface area contributed by atoms with Gasteiger partial charge in [-0.15, -0.1) is 0 Å². The summed E-state index contributed by atoms with van der Waals surface area (Å²) in [6.45, 7) is 5.22. The number of Topliss-reactive ketones (excluding diaryl/α,β-unsaturated/α-hetero) is 1. The number of aliphatic imine (C=N–C) groups is 1. The van der Waals surface area contributed by atoms with Crippen LogP contribution in [0.4, 0.5) is 11.4 Å². The number of nitrogens with zero attached hydrogens (tertiary/aromatic N) is 2. The molecule has 1 N–H and O–H groups in total. The van der Waals surface area contributed by atoms with Gasteiger partial charge >= 0.3 is 0 Å². The van der Waals surface area contributed by atoms with Crippen LogP contribution in [0.25, 0.3) is 0 Å². The molecule has 2 aromatic rings. The summed E-state index contributed by atoms with van der Waals surface area (Å²) in [4.78, 5) is 28.9. The number of nitrogens with one attached hydrogen (secondary N) is 1. The second-order valence-electron chi connectivity index (χ2n) is 7.16. The van der Waals surface area contributed by atoms with Gasteiger partial charge in [-0.1, -0.05) is 49.7 Å². The van der Waals surface area contributed by atoms with Gasteiger partial charge in [0.15, 0.2) is 5.75 Å². The Kier molecular flexibility index (Phi) is 7.36. The van der Waals surface area contributed by atoms with Crippen molar-refractivity contribution in [1.29, 1.82) is 0 Å². The third kappa shape index (κ3) is 4.85. The maximum Gasteiger partial charge on any atom is 0.247 e. The number of anilines is 1. The van der Waals surface area contributed by atoms with Gasteiger partial charge in [0, 0.05) is 31.1 Å². The number of sulfonamides is 1. The van der Waals surface area contributed by atoms with Crippen molar-refractivity contribution in [3.8, 4) is 5.75 Å². The molecule has 10 heteroatoms. The second kappa shape index (κ2) is 9.86. The topological polar surface area (TPSA) is 105 Å². The first-order chi connectivity index (χ1) is 15.6. The van der Waals surface area contributed by atoms with E-state index in [1.807, 2.05) is 0 Å². The number of allylic oxidation sites excluding steroid dienone is 2. The van der Waals surface area contributed by atoms with Crippen LogP contribution in [0.1, 0.15) is 36.7 Å². The molecular weight excluding hydrogens is 466 g/mol. The van der Waals surface area contributed by atoms with E-state index in [1.165, 1.54) is 30.5 Å². The molecule has 1 aliphatic rings. The van der Waals surface area contributed by atoms with Gasteiger partial charge in [0.2, 0.25) is 21.7 Å². The number of halogens is 1. The fourth-order valence-electron chi connectivity index (χ4n) is 3.56. The molecule has 1 amide bonds. The number of benzene rings is 2. The monoisotopic (exact) mass is 489 g/mol. The number of hydrogen-bond acceptors (Lipinski definition) is 6. The molecule has 0 spiro atoms. The van der Waals surface area contributed by atoms with Gasteiger partial charge in [-0.05, 0) is 18.2 Å². The van der Waals surface area contributed by atoms with Gasteiger partial charge in [-0.2, -0.15) is 4.31 Å². The van der Waals surface area contributed by atoms with Crippen LogP contribution in [-0.2, 0) is 14.8 Å². The van der Waals surface area contributed by atoms with Crippen LogP contribution in [-0.4, -0.2) is 50.3 Å². The Morgan fingerprint density at radius 1 is 1.15 bits per heavy atom. The Morgan fingerprint density at radius 3 is 2.36 bits per heavy atom. The molecule has 174 valence electrons. The largest absolute Gasteiger partial charge is 0.493 e. The number of ether oxygens (including phenoxy) is 1. The van der Waals surface area contributed by atoms with E-state index in [-0.39, 0.29) is 45.9 Å². The van der Waals surface area contributed by atoms with E-state index in [2.05, 4.69) is 10.3 Å². The Labute approximate surface area is 198 Å². The van der Waals surface area contributed by atoms with Gasteiger partial charge in [0.1, 0.15) is 4.91 Å². The summed E-state index contributed by atoms with van der Waals surface area (Å²) in [7, 11) is -2.60. The maximum atomic E-state index is 13.2. The minimum Gasteiger partial charge on any atom is -0.493 e. The summed E-state index contributed by atoms with van der Waals surface area (Å²) < 4.78 is 32.8. The predicted molar refractivity (Wildman–Crippen MR) is 129 cm³/mol. The molecule has 0 heterocycles. The van der Waals surface area contributed by atoms with Crippen LogP contribution in [0.15, 0.2) is 52.4 Å². The molecule has 0 saturated heterocycles. The average Bonchev–Trinajstić information content (AvgIpc) is 2.76. The third-order valence-electron chi connectivity index (χ3n) is 5.06. The minimum atomic E-state index is -4.02. The molecule has 8 nitrogen and oxygen atoms in total. The maximum absolute atomic E-state index is 13.2. The normalized spacial score (nSPS) is 14.8. The van der Waals surface area contributed by atoms with Crippen LogP contribution < -0.4 is 10.1 Å². The molecule has 3 rings (SSSR count). The van der Waals surface area contributed by atoms with E-state index in [9.17, 15) is 18.0 Å². The summed E-state index contributed by atoms with van der Waals surface area (Å²) in [6, 6.07) is 9.77. The van der Waals surface area contributed by atoms with E-state index in [1.54, 1.807) is 44.2 Å². The van der Waals surface area contributed by atoms with E-state index in [0.29, 0.717) is 16.9 Å². The molecule has 0 fully saturated rings.